The molecule has 0 atom stereocenters. The number of alkyl halides is 3. The average molecular weight is 497 g/mol. The number of H-pyrrole nitrogens is 1. The molecule has 5 heterocycles. The molecular weight excluding hydrogens is 473 g/mol. The predicted molar refractivity (Wildman–Crippen MR) is 129 cm³/mol. The van der Waals surface area contributed by atoms with Gasteiger partial charge >= 0.3 is 6.18 Å². The van der Waals surface area contributed by atoms with Gasteiger partial charge in [-0.25, -0.2) is 9.97 Å². The number of aromatic nitrogens is 3. The minimum absolute atomic E-state index is 0.240. The molecule has 2 saturated heterocycles. The molecule has 2 aliphatic heterocycles. The highest BCUT2D eigenvalue weighted by Gasteiger charge is 2.45. The molecule has 0 amide bonds. The van der Waals surface area contributed by atoms with Gasteiger partial charge in [-0.1, -0.05) is 12.1 Å². The van der Waals surface area contributed by atoms with E-state index in [9.17, 15) is 13.2 Å². The molecule has 10 heteroatoms. The number of hydrogen-bond acceptors (Lipinski definition) is 6. The van der Waals surface area contributed by atoms with Gasteiger partial charge in [0, 0.05) is 40.8 Å². The summed E-state index contributed by atoms with van der Waals surface area (Å²) in [5.41, 5.74) is 3.03. The molecule has 180 valence electrons. The maximum Gasteiger partial charge on any atom is 0.393 e. The number of nitriles is 1. The topological polar surface area (TPSA) is 71.8 Å². The van der Waals surface area contributed by atoms with Crippen LogP contribution in [-0.4, -0.2) is 52.2 Å². The Kier molecular flexibility index (Phi) is 5.23. The van der Waals surface area contributed by atoms with Crippen LogP contribution in [0.25, 0.3) is 21.1 Å². The van der Waals surface area contributed by atoms with E-state index in [0.717, 1.165) is 79.0 Å². The Morgan fingerprint density at radius 2 is 1.91 bits per heavy atom. The number of nitrogens with one attached hydrogen (secondary N) is 1. The van der Waals surface area contributed by atoms with E-state index in [1.807, 2.05) is 6.07 Å². The molecular formula is C25H23F3N6S. The molecule has 1 aromatic carbocycles. The van der Waals surface area contributed by atoms with Gasteiger partial charge in [0.1, 0.15) is 28.7 Å². The molecule has 1 N–H and O–H groups in total. The van der Waals surface area contributed by atoms with Crippen molar-refractivity contribution in [2.24, 2.45) is 5.41 Å². The van der Waals surface area contributed by atoms with Gasteiger partial charge in [-0.3, -0.25) is 4.90 Å². The molecule has 6 rings (SSSR count). The summed E-state index contributed by atoms with van der Waals surface area (Å²) >= 11 is 1.10. The zero-order valence-corrected chi connectivity index (χ0v) is 19.7. The van der Waals surface area contributed by atoms with Crippen molar-refractivity contribution in [1.82, 2.24) is 19.9 Å². The molecule has 6 nitrogen and oxygen atoms in total. The smallest absolute Gasteiger partial charge is 0.355 e. The van der Waals surface area contributed by atoms with Gasteiger partial charge in [-0.05, 0) is 49.7 Å². The molecule has 0 unspecified atom stereocenters. The summed E-state index contributed by atoms with van der Waals surface area (Å²) in [5.74, 6) is 0.753. The van der Waals surface area contributed by atoms with E-state index in [1.165, 1.54) is 11.9 Å². The van der Waals surface area contributed by atoms with Crippen LogP contribution in [0.5, 0.6) is 0 Å². The molecule has 0 radical (unpaired) electrons. The quantitative estimate of drug-likeness (QED) is 0.418. The molecule has 0 bridgehead atoms. The van der Waals surface area contributed by atoms with Gasteiger partial charge < -0.3 is 9.88 Å². The van der Waals surface area contributed by atoms with Crippen molar-refractivity contribution >= 4 is 38.3 Å². The van der Waals surface area contributed by atoms with Crippen molar-refractivity contribution in [3.8, 4) is 6.07 Å². The highest BCUT2D eigenvalue weighted by atomic mass is 32.1. The Hall–Kier alpha value is -3.16. The van der Waals surface area contributed by atoms with Gasteiger partial charge in [0.25, 0.3) is 0 Å². The third-order valence-electron chi connectivity index (χ3n) is 7.22. The lowest BCUT2D eigenvalue weighted by Gasteiger charge is -2.54. The number of piperidine rings is 1. The van der Waals surface area contributed by atoms with E-state index in [1.54, 1.807) is 6.07 Å². The summed E-state index contributed by atoms with van der Waals surface area (Å²) < 4.78 is 38.5. The fraction of sp³-hybridized carbons (Fsp3) is 0.400. The van der Waals surface area contributed by atoms with Crippen LogP contribution in [0.3, 0.4) is 0 Å². The van der Waals surface area contributed by atoms with E-state index < -0.39 is 12.6 Å². The minimum Gasteiger partial charge on any atom is -0.355 e. The highest BCUT2D eigenvalue weighted by molar-refractivity contribution is 7.18. The maximum atomic E-state index is 12.8. The molecule has 0 saturated carbocycles. The summed E-state index contributed by atoms with van der Waals surface area (Å²) in [7, 11) is 0. The number of likely N-dealkylation sites (tertiary alicyclic amines) is 1. The van der Waals surface area contributed by atoms with Crippen LogP contribution in [0, 0.1) is 16.7 Å². The fourth-order valence-corrected chi connectivity index (χ4v) is 6.46. The van der Waals surface area contributed by atoms with Crippen molar-refractivity contribution < 1.29 is 13.2 Å². The van der Waals surface area contributed by atoms with Crippen molar-refractivity contribution in [1.29, 1.82) is 5.26 Å². The van der Waals surface area contributed by atoms with Gasteiger partial charge in [0.05, 0.1) is 11.8 Å². The van der Waals surface area contributed by atoms with Crippen LogP contribution in [0.1, 0.15) is 29.0 Å². The van der Waals surface area contributed by atoms with Crippen LogP contribution in [-0.2, 0) is 13.0 Å². The minimum atomic E-state index is -4.23. The first kappa shape index (κ1) is 22.3. The normalized spacial score (nSPS) is 18.3. The Morgan fingerprint density at radius 3 is 2.66 bits per heavy atom. The van der Waals surface area contributed by atoms with Crippen LogP contribution in [0.15, 0.2) is 36.7 Å². The number of nitrogens with zero attached hydrogens (tertiary/aromatic N) is 5. The second-order valence-corrected chi connectivity index (χ2v) is 10.9. The number of rotatable bonds is 4. The third kappa shape index (κ3) is 4.34. The van der Waals surface area contributed by atoms with Gasteiger partial charge in [-0.2, -0.15) is 18.4 Å². The van der Waals surface area contributed by atoms with Gasteiger partial charge in [0.15, 0.2) is 0 Å². The van der Waals surface area contributed by atoms with Crippen LogP contribution in [0.2, 0.25) is 0 Å². The SMILES string of the molecule is N#Cc1cc2ccc(CN3CCC4(CC3)CN(c3ncnc5sc(CC(F)(F)F)cc35)C4)cc2[nH]1. The average Bonchev–Trinajstić information content (AvgIpc) is 3.39. The number of halogens is 3. The second-order valence-electron chi connectivity index (χ2n) is 9.77. The standard InChI is InChI=1S/C25H23F3N6S/c26-25(27,28)10-19-9-20-22(30-15-31-23(20)35-19)34-13-24(14-34)3-5-33(6-4-24)12-16-1-2-17-8-18(11-29)32-21(17)7-16/h1-2,7-9,15,32H,3-6,10,12-14H2. The lowest BCUT2D eigenvalue weighted by Crippen LogP contribution is -2.60. The summed E-state index contributed by atoms with van der Waals surface area (Å²) in [6.45, 7) is 4.65. The number of anilines is 1. The first-order valence-corrected chi connectivity index (χ1v) is 12.4. The summed E-state index contributed by atoms with van der Waals surface area (Å²) in [5, 5.41) is 10.9. The molecule has 35 heavy (non-hydrogen) atoms. The monoisotopic (exact) mass is 496 g/mol. The van der Waals surface area contributed by atoms with E-state index in [2.05, 4.69) is 49.0 Å². The van der Waals surface area contributed by atoms with Crippen molar-refractivity contribution in [2.45, 2.75) is 32.0 Å². The Bertz CT molecular complexity index is 1430. The predicted octanol–water partition coefficient (Wildman–Crippen LogP) is 5.25. The van der Waals surface area contributed by atoms with E-state index in [4.69, 9.17) is 5.26 Å². The molecule has 2 fully saturated rings. The Balaban J connectivity index is 1.09. The summed E-state index contributed by atoms with van der Waals surface area (Å²) in [6, 6.07) is 11.9. The number of fused-ring (bicyclic) bond motifs is 2. The molecule has 1 spiro atoms. The van der Waals surface area contributed by atoms with Crippen molar-refractivity contribution in [3.63, 3.8) is 0 Å². The van der Waals surface area contributed by atoms with Crippen molar-refractivity contribution in [3.05, 3.63) is 52.8 Å². The summed E-state index contributed by atoms with van der Waals surface area (Å²) in [6.07, 6.45) is -1.52. The zero-order valence-electron chi connectivity index (χ0n) is 18.9. The zero-order chi connectivity index (χ0) is 24.2. The molecule has 3 aromatic heterocycles. The number of thiophene rings is 1. The first-order chi connectivity index (χ1) is 16.8. The van der Waals surface area contributed by atoms with E-state index in [-0.39, 0.29) is 10.3 Å². The van der Waals surface area contributed by atoms with Crippen LogP contribution in [0.4, 0.5) is 19.0 Å². The number of hydrogen-bond donors (Lipinski definition) is 1. The molecule has 2 aliphatic rings. The van der Waals surface area contributed by atoms with Gasteiger partial charge in [0.2, 0.25) is 0 Å². The highest BCUT2D eigenvalue weighted by Crippen LogP contribution is 2.44. The Labute approximate surface area is 204 Å². The third-order valence-corrected chi connectivity index (χ3v) is 8.26. The lowest BCUT2D eigenvalue weighted by molar-refractivity contribution is -0.126. The van der Waals surface area contributed by atoms with Gasteiger partial charge in [-0.15, -0.1) is 11.3 Å². The first-order valence-electron chi connectivity index (χ1n) is 11.6. The lowest BCUT2D eigenvalue weighted by atomic mass is 9.72. The Morgan fingerprint density at radius 1 is 1.11 bits per heavy atom. The molecule has 0 aliphatic carbocycles. The largest absolute Gasteiger partial charge is 0.393 e. The van der Waals surface area contributed by atoms with Crippen LogP contribution < -0.4 is 4.90 Å². The maximum absolute atomic E-state index is 12.8. The number of benzene rings is 1. The summed E-state index contributed by atoms with van der Waals surface area (Å²) in [4.78, 5) is 17.3. The second kappa shape index (κ2) is 8.21. The number of aromatic amines is 1. The van der Waals surface area contributed by atoms with E-state index >= 15 is 0 Å². The molecule has 4 aromatic rings. The van der Waals surface area contributed by atoms with E-state index in [0.29, 0.717) is 10.5 Å². The van der Waals surface area contributed by atoms with Crippen molar-refractivity contribution in [2.75, 3.05) is 31.1 Å². The van der Waals surface area contributed by atoms with Crippen LogP contribution >= 0.6 is 11.3 Å². The fourth-order valence-electron chi connectivity index (χ4n) is 5.44.